The summed E-state index contributed by atoms with van der Waals surface area (Å²) in [7, 11) is 0. The number of halogens is 3. The van der Waals surface area contributed by atoms with E-state index in [1.54, 1.807) is 11.8 Å². The van der Waals surface area contributed by atoms with E-state index in [1.807, 2.05) is 12.3 Å². The summed E-state index contributed by atoms with van der Waals surface area (Å²) in [4.78, 5) is 0. The van der Waals surface area contributed by atoms with Gasteiger partial charge in [0.2, 0.25) is 0 Å². The molecule has 1 saturated heterocycles. The molecule has 1 N–H and O–H groups in total. The van der Waals surface area contributed by atoms with Crippen molar-refractivity contribution in [3.63, 3.8) is 0 Å². The predicted molar refractivity (Wildman–Crippen MR) is 48.0 cm³/mol. The Hall–Kier alpha value is -0.390. The van der Waals surface area contributed by atoms with Crippen LogP contribution in [0, 0.1) is 5.92 Å². The topological polar surface area (TPSA) is 24.4 Å². The van der Waals surface area contributed by atoms with Gasteiger partial charge in [0.15, 0.2) is 0 Å². The maximum atomic E-state index is 11.7. The van der Waals surface area contributed by atoms with Gasteiger partial charge in [0.25, 0.3) is 0 Å². The van der Waals surface area contributed by atoms with E-state index >= 15 is 0 Å². The van der Waals surface area contributed by atoms with Crippen LogP contribution in [0.15, 0.2) is 5.10 Å². The summed E-state index contributed by atoms with van der Waals surface area (Å²) < 4.78 is 35.1. The van der Waals surface area contributed by atoms with Crippen LogP contribution in [0.5, 0.6) is 0 Å². The average molecular weight is 212 g/mol. The van der Waals surface area contributed by atoms with E-state index in [0.29, 0.717) is 5.92 Å². The lowest BCUT2D eigenvalue weighted by Crippen LogP contribution is -2.26. The molecule has 0 aliphatic carbocycles. The van der Waals surface area contributed by atoms with Crippen LogP contribution in [0.3, 0.4) is 0 Å². The highest BCUT2D eigenvalue weighted by molar-refractivity contribution is 8.00. The van der Waals surface area contributed by atoms with Gasteiger partial charge in [-0.3, -0.25) is 0 Å². The Bertz CT molecular complexity index is 202. The SMILES string of the molecule is CC1CSC/C1=N\NCC(F)(F)F. The van der Waals surface area contributed by atoms with Crippen molar-refractivity contribution in [1.29, 1.82) is 0 Å². The van der Waals surface area contributed by atoms with Crippen molar-refractivity contribution < 1.29 is 13.2 Å². The molecule has 2 nitrogen and oxygen atoms in total. The fourth-order valence-electron chi connectivity index (χ4n) is 0.952. The summed E-state index contributed by atoms with van der Waals surface area (Å²) >= 11 is 1.70. The number of hydrazone groups is 1. The molecule has 0 amide bonds. The second-order valence-electron chi connectivity index (χ2n) is 2.97. The minimum atomic E-state index is -4.18. The van der Waals surface area contributed by atoms with Crippen molar-refractivity contribution in [3.8, 4) is 0 Å². The van der Waals surface area contributed by atoms with Crippen molar-refractivity contribution in [2.75, 3.05) is 18.1 Å². The Morgan fingerprint density at radius 2 is 2.31 bits per heavy atom. The summed E-state index contributed by atoms with van der Waals surface area (Å²) in [6.07, 6.45) is -4.18. The number of alkyl halides is 3. The van der Waals surface area contributed by atoms with Crippen molar-refractivity contribution in [2.24, 2.45) is 11.0 Å². The molecule has 1 atom stereocenters. The molecule has 6 heteroatoms. The molecule has 0 spiro atoms. The van der Waals surface area contributed by atoms with E-state index in [-0.39, 0.29) is 0 Å². The zero-order valence-corrected chi connectivity index (χ0v) is 8.00. The summed E-state index contributed by atoms with van der Waals surface area (Å²) in [6.45, 7) is 0.919. The zero-order valence-electron chi connectivity index (χ0n) is 7.19. The van der Waals surface area contributed by atoms with Gasteiger partial charge in [0, 0.05) is 17.4 Å². The van der Waals surface area contributed by atoms with E-state index < -0.39 is 12.7 Å². The molecule has 1 unspecified atom stereocenters. The van der Waals surface area contributed by atoms with Crippen LogP contribution in [0.1, 0.15) is 6.92 Å². The van der Waals surface area contributed by atoms with Gasteiger partial charge >= 0.3 is 6.18 Å². The molecule has 0 aromatic rings. The maximum absolute atomic E-state index is 11.7. The van der Waals surface area contributed by atoms with Crippen LogP contribution in [0.2, 0.25) is 0 Å². The Kier molecular flexibility index (Phi) is 3.47. The Morgan fingerprint density at radius 3 is 2.77 bits per heavy atom. The Balaban J connectivity index is 2.31. The lowest BCUT2D eigenvalue weighted by Gasteiger charge is -2.07. The lowest BCUT2D eigenvalue weighted by molar-refractivity contribution is -0.124. The summed E-state index contributed by atoms with van der Waals surface area (Å²) in [5.41, 5.74) is 2.88. The molecule has 0 radical (unpaired) electrons. The standard InChI is InChI=1S/C7H11F3N2S/c1-5-2-13-3-6(5)12-11-4-7(8,9)10/h5,11H,2-4H2,1H3/b12-6+. The van der Waals surface area contributed by atoms with Crippen molar-refractivity contribution in [2.45, 2.75) is 13.1 Å². The molecule has 1 aliphatic rings. The lowest BCUT2D eigenvalue weighted by atomic mass is 10.1. The highest BCUT2D eigenvalue weighted by Gasteiger charge is 2.27. The second-order valence-corrected chi connectivity index (χ2v) is 4.00. The molecule has 1 fully saturated rings. The van der Waals surface area contributed by atoms with Gasteiger partial charge in [-0.15, -0.1) is 0 Å². The maximum Gasteiger partial charge on any atom is 0.407 e. The third-order valence-electron chi connectivity index (χ3n) is 1.69. The van der Waals surface area contributed by atoms with E-state index in [9.17, 15) is 13.2 Å². The smallest absolute Gasteiger partial charge is 0.301 e. The molecule has 0 bridgehead atoms. The molecular formula is C7H11F3N2S. The molecule has 76 valence electrons. The molecule has 1 aliphatic heterocycles. The largest absolute Gasteiger partial charge is 0.407 e. The molecular weight excluding hydrogens is 201 g/mol. The summed E-state index contributed by atoms with van der Waals surface area (Å²) in [5.74, 6) is 1.99. The van der Waals surface area contributed by atoms with E-state index in [0.717, 1.165) is 17.2 Å². The van der Waals surface area contributed by atoms with Crippen LogP contribution in [0.25, 0.3) is 0 Å². The summed E-state index contributed by atoms with van der Waals surface area (Å²) in [6, 6.07) is 0. The first-order valence-corrected chi connectivity index (χ1v) is 5.08. The normalized spacial score (nSPS) is 26.8. The number of rotatable bonds is 2. The van der Waals surface area contributed by atoms with Gasteiger partial charge in [-0.1, -0.05) is 6.92 Å². The third-order valence-corrected chi connectivity index (χ3v) is 2.92. The first-order chi connectivity index (χ1) is 5.99. The minimum Gasteiger partial charge on any atom is -0.301 e. The van der Waals surface area contributed by atoms with Crippen LogP contribution < -0.4 is 5.43 Å². The van der Waals surface area contributed by atoms with Crippen molar-refractivity contribution >= 4 is 17.5 Å². The fraction of sp³-hybridized carbons (Fsp3) is 0.857. The fourth-order valence-corrected chi connectivity index (χ4v) is 2.17. The summed E-state index contributed by atoms with van der Waals surface area (Å²) in [5, 5.41) is 3.72. The number of nitrogens with one attached hydrogen (secondary N) is 1. The van der Waals surface area contributed by atoms with Crippen LogP contribution in [-0.2, 0) is 0 Å². The van der Waals surface area contributed by atoms with Crippen molar-refractivity contribution in [1.82, 2.24) is 5.43 Å². The number of hydrogen-bond acceptors (Lipinski definition) is 3. The second kappa shape index (κ2) is 4.21. The van der Waals surface area contributed by atoms with Gasteiger partial charge in [-0.25, -0.2) is 0 Å². The van der Waals surface area contributed by atoms with E-state index in [4.69, 9.17) is 0 Å². The number of hydrogen-bond donors (Lipinski definition) is 1. The Labute approximate surface area is 79.0 Å². The molecule has 13 heavy (non-hydrogen) atoms. The third kappa shape index (κ3) is 3.89. The van der Waals surface area contributed by atoms with Gasteiger partial charge in [0.05, 0.1) is 5.71 Å². The van der Waals surface area contributed by atoms with E-state index in [2.05, 4.69) is 5.10 Å². The van der Waals surface area contributed by atoms with Gasteiger partial charge in [-0.05, 0) is 0 Å². The minimum absolute atomic E-state index is 0.297. The van der Waals surface area contributed by atoms with Crippen LogP contribution in [0.4, 0.5) is 13.2 Å². The molecule has 0 saturated carbocycles. The average Bonchev–Trinajstić information content (AvgIpc) is 2.34. The van der Waals surface area contributed by atoms with Crippen LogP contribution in [-0.4, -0.2) is 29.9 Å². The highest BCUT2D eigenvalue weighted by Crippen LogP contribution is 2.20. The van der Waals surface area contributed by atoms with Gasteiger partial charge in [-0.2, -0.15) is 30.0 Å². The highest BCUT2D eigenvalue weighted by atomic mass is 32.2. The molecule has 1 rings (SSSR count). The van der Waals surface area contributed by atoms with Gasteiger partial charge < -0.3 is 5.43 Å². The number of thioether (sulfide) groups is 1. The quantitative estimate of drug-likeness (QED) is 0.707. The molecule has 0 aromatic carbocycles. The first kappa shape index (κ1) is 10.7. The molecule has 1 heterocycles. The van der Waals surface area contributed by atoms with Crippen LogP contribution >= 0.6 is 11.8 Å². The molecule has 0 aromatic heterocycles. The zero-order chi connectivity index (χ0) is 9.90. The van der Waals surface area contributed by atoms with Crippen molar-refractivity contribution in [3.05, 3.63) is 0 Å². The first-order valence-electron chi connectivity index (χ1n) is 3.93. The monoisotopic (exact) mass is 212 g/mol. The number of nitrogens with zero attached hydrogens (tertiary/aromatic N) is 1. The predicted octanol–water partition coefficient (Wildman–Crippen LogP) is 1.88. The Morgan fingerprint density at radius 1 is 1.62 bits per heavy atom. The van der Waals surface area contributed by atoms with Gasteiger partial charge in [0.1, 0.15) is 6.54 Å². The van der Waals surface area contributed by atoms with E-state index in [1.165, 1.54) is 0 Å².